The fourth-order valence-corrected chi connectivity index (χ4v) is 5.27. The SMILES string of the molecule is CCNC(=NCCC1CCN(C)CC1)NC1CC2(CCCC2)Oc2ccccc21. The summed E-state index contributed by atoms with van der Waals surface area (Å²) in [5.74, 6) is 2.83. The Labute approximate surface area is 176 Å². The van der Waals surface area contributed by atoms with Crippen LogP contribution in [0.5, 0.6) is 5.75 Å². The normalized spacial score (nSPS) is 24.9. The third kappa shape index (κ3) is 5.06. The number of nitrogens with zero attached hydrogens (tertiary/aromatic N) is 2. The standard InChI is InChI=1S/C24H38N4O/c1-3-25-23(26-15-10-19-11-16-28(2)17-12-19)27-21-18-24(13-6-7-14-24)29-22-9-5-4-8-20(21)22/h4-5,8-9,19,21H,3,6-7,10-18H2,1-2H3,(H2,25,26,27). The number of rotatable bonds is 5. The topological polar surface area (TPSA) is 48.9 Å². The van der Waals surface area contributed by atoms with Gasteiger partial charge in [0.15, 0.2) is 5.96 Å². The number of hydrogen-bond acceptors (Lipinski definition) is 3. The van der Waals surface area contributed by atoms with Crippen LogP contribution in [0.2, 0.25) is 0 Å². The Hall–Kier alpha value is -1.75. The summed E-state index contributed by atoms with van der Waals surface area (Å²) in [5.41, 5.74) is 1.28. The lowest BCUT2D eigenvalue weighted by molar-refractivity contribution is 0.0396. The highest BCUT2D eigenvalue weighted by atomic mass is 16.5. The zero-order chi connectivity index (χ0) is 20.1. The molecule has 0 amide bonds. The van der Waals surface area contributed by atoms with Gasteiger partial charge in [0.25, 0.3) is 0 Å². The Kier molecular flexibility index (Phi) is 6.63. The zero-order valence-corrected chi connectivity index (χ0v) is 18.3. The van der Waals surface area contributed by atoms with Crippen LogP contribution in [0.1, 0.15) is 69.9 Å². The van der Waals surface area contributed by atoms with Gasteiger partial charge in [0.2, 0.25) is 0 Å². The molecule has 0 radical (unpaired) electrons. The molecule has 1 atom stereocenters. The third-order valence-corrected chi connectivity index (χ3v) is 7.01. The maximum Gasteiger partial charge on any atom is 0.191 e. The number of nitrogens with one attached hydrogen (secondary N) is 2. The van der Waals surface area contributed by atoms with Crippen LogP contribution in [0.15, 0.2) is 29.3 Å². The number of guanidine groups is 1. The molecule has 1 aliphatic carbocycles. The largest absolute Gasteiger partial charge is 0.487 e. The second kappa shape index (κ2) is 9.38. The van der Waals surface area contributed by atoms with Crippen molar-refractivity contribution in [2.24, 2.45) is 10.9 Å². The van der Waals surface area contributed by atoms with Gasteiger partial charge < -0.3 is 20.3 Å². The Morgan fingerprint density at radius 2 is 1.97 bits per heavy atom. The van der Waals surface area contributed by atoms with Gasteiger partial charge >= 0.3 is 0 Å². The zero-order valence-electron chi connectivity index (χ0n) is 18.3. The summed E-state index contributed by atoms with van der Waals surface area (Å²) in [6.45, 7) is 6.39. The van der Waals surface area contributed by atoms with Crippen molar-refractivity contribution in [3.05, 3.63) is 29.8 Å². The third-order valence-electron chi connectivity index (χ3n) is 7.01. The molecular formula is C24H38N4O. The highest BCUT2D eigenvalue weighted by Gasteiger charge is 2.43. The molecule has 1 saturated heterocycles. The number of ether oxygens (including phenoxy) is 1. The van der Waals surface area contributed by atoms with Crippen molar-refractivity contribution in [1.29, 1.82) is 0 Å². The quantitative estimate of drug-likeness (QED) is 0.579. The first-order valence-corrected chi connectivity index (χ1v) is 11.7. The van der Waals surface area contributed by atoms with Crippen molar-refractivity contribution < 1.29 is 4.74 Å². The van der Waals surface area contributed by atoms with Gasteiger partial charge in [0.05, 0.1) is 6.04 Å². The molecule has 1 spiro atoms. The van der Waals surface area contributed by atoms with Gasteiger partial charge in [0.1, 0.15) is 11.4 Å². The van der Waals surface area contributed by atoms with E-state index >= 15 is 0 Å². The molecule has 2 N–H and O–H groups in total. The molecular weight excluding hydrogens is 360 g/mol. The molecule has 4 rings (SSSR count). The van der Waals surface area contributed by atoms with Crippen molar-refractivity contribution in [1.82, 2.24) is 15.5 Å². The Balaban J connectivity index is 1.42. The van der Waals surface area contributed by atoms with Crippen LogP contribution >= 0.6 is 0 Å². The lowest BCUT2D eigenvalue weighted by Gasteiger charge is -2.40. The van der Waals surface area contributed by atoms with E-state index < -0.39 is 0 Å². The van der Waals surface area contributed by atoms with E-state index in [1.54, 1.807) is 0 Å². The summed E-state index contributed by atoms with van der Waals surface area (Å²) in [6, 6.07) is 8.81. The monoisotopic (exact) mass is 398 g/mol. The number of benzene rings is 1. The minimum absolute atomic E-state index is 0.0114. The van der Waals surface area contributed by atoms with Crippen LogP contribution in [-0.2, 0) is 0 Å². The van der Waals surface area contributed by atoms with Crippen molar-refractivity contribution in [2.45, 2.75) is 69.9 Å². The number of likely N-dealkylation sites (tertiary alicyclic amines) is 1. The number of hydrogen-bond donors (Lipinski definition) is 2. The average molecular weight is 399 g/mol. The van der Waals surface area contributed by atoms with E-state index in [0.717, 1.165) is 37.1 Å². The van der Waals surface area contributed by atoms with Gasteiger partial charge in [-0.2, -0.15) is 0 Å². The molecule has 3 aliphatic rings. The highest BCUT2D eigenvalue weighted by Crippen LogP contribution is 2.46. The van der Waals surface area contributed by atoms with Gasteiger partial charge in [-0.25, -0.2) is 0 Å². The highest BCUT2D eigenvalue weighted by molar-refractivity contribution is 5.80. The van der Waals surface area contributed by atoms with E-state index in [9.17, 15) is 0 Å². The fraction of sp³-hybridized carbons (Fsp3) is 0.708. The molecule has 1 unspecified atom stereocenters. The van der Waals surface area contributed by atoms with E-state index in [0.29, 0.717) is 0 Å². The second-order valence-corrected chi connectivity index (χ2v) is 9.23. The van der Waals surface area contributed by atoms with Crippen LogP contribution in [0.25, 0.3) is 0 Å². The van der Waals surface area contributed by atoms with E-state index in [4.69, 9.17) is 9.73 Å². The number of aliphatic imine (C=N–C) groups is 1. The van der Waals surface area contributed by atoms with Crippen LogP contribution in [0, 0.1) is 5.92 Å². The smallest absolute Gasteiger partial charge is 0.191 e. The molecule has 1 aromatic rings. The first kappa shape index (κ1) is 20.5. The van der Waals surface area contributed by atoms with E-state index in [-0.39, 0.29) is 11.6 Å². The number of para-hydroxylation sites is 1. The van der Waals surface area contributed by atoms with Crippen LogP contribution in [-0.4, -0.2) is 49.7 Å². The summed E-state index contributed by atoms with van der Waals surface area (Å²) in [4.78, 5) is 7.39. The molecule has 5 nitrogen and oxygen atoms in total. The molecule has 5 heteroatoms. The minimum atomic E-state index is 0.0114. The minimum Gasteiger partial charge on any atom is -0.487 e. The van der Waals surface area contributed by atoms with Gasteiger partial charge in [-0.3, -0.25) is 4.99 Å². The summed E-state index contributed by atoms with van der Waals surface area (Å²) in [7, 11) is 2.23. The molecule has 1 aromatic carbocycles. The molecule has 1 saturated carbocycles. The second-order valence-electron chi connectivity index (χ2n) is 9.23. The lowest BCUT2D eigenvalue weighted by atomic mass is 9.86. The van der Waals surface area contributed by atoms with Crippen LogP contribution < -0.4 is 15.4 Å². The van der Waals surface area contributed by atoms with Crippen LogP contribution in [0.3, 0.4) is 0 Å². The molecule has 29 heavy (non-hydrogen) atoms. The molecule has 2 aliphatic heterocycles. The lowest BCUT2D eigenvalue weighted by Crippen LogP contribution is -2.46. The van der Waals surface area contributed by atoms with E-state index in [1.807, 2.05) is 0 Å². The van der Waals surface area contributed by atoms with Crippen molar-refractivity contribution in [2.75, 3.05) is 33.2 Å². The van der Waals surface area contributed by atoms with Gasteiger partial charge in [0, 0.05) is 25.1 Å². The van der Waals surface area contributed by atoms with Crippen LogP contribution in [0.4, 0.5) is 0 Å². The molecule has 160 valence electrons. The fourth-order valence-electron chi connectivity index (χ4n) is 5.27. The maximum atomic E-state index is 6.52. The summed E-state index contributed by atoms with van der Waals surface area (Å²) in [6.07, 6.45) is 9.74. The van der Waals surface area contributed by atoms with E-state index in [2.05, 4.69) is 53.8 Å². The molecule has 2 fully saturated rings. The molecule has 0 bridgehead atoms. The first-order chi connectivity index (χ1) is 14.2. The Morgan fingerprint density at radius 3 is 2.72 bits per heavy atom. The van der Waals surface area contributed by atoms with Gasteiger partial charge in [-0.1, -0.05) is 18.2 Å². The molecule has 2 heterocycles. The van der Waals surface area contributed by atoms with E-state index in [1.165, 1.54) is 63.6 Å². The van der Waals surface area contributed by atoms with Gasteiger partial charge in [-0.15, -0.1) is 0 Å². The predicted octanol–water partition coefficient (Wildman–Crippen LogP) is 4.11. The van der Waals surface area contributed by atoms with Crippen molar-refractivity contribution in [3.63, 3.8) is 0 Å². The Bertz CT molecular complexity index is 690. The number of fused-ring (bicyclic) bond motifs is 1. The Morgan fingerprint density at radius 1 is 1.21 bits per heavy atom. The maximum absolute atomic E-state index is 6.52. The summed E-state index contributed by atoms with van der Waals surface area (Å²) < 4.78 is 6.52. The summed E-state index contributed by atoms with van der Waals surface area (Å²) >= 11 is 0. The first-order valence-electron chi connectivity index (χ1n) is 11.7. The number of piperidine rings is 1. The van der Waals surface area contributed by atoms with Crippen molar-refractivity contribution in [3.8, 4) is 5.75 Å². The molecule has 0 aromatic heterocycles. The average Bonchev–Trinajstić information content (AvgIpc) is 3.17. The predicted molar refractivity (Wildman–Crippen MR) is 120 cm³/mol. The summed E-state index contributed by atoms with van der Waals surface area (Å²) in [5, 5.41) is 7.23. The van der Waals surface area contributed by atoms with Crippen molar-refractivity contribution >= 4 is 5.96 Å². The van der Waals surface area contributed by atoms with Gasteiger partial charge in [-0.05, 0) is 84.0 Å².